The lowest BCUT2D eigenvalue weighted by atomic mass is 9.66. The van der Waals surface area contributed by atoms with E-state index in [0.717, 1.165) is 0 Å². The van der Waals surface area contributed by atoms with Gasteiger partial charge in [0, 0.05) is 24.2 Å². The molecule has 0 radical (unpaired) electrons. The highest BCUT2D eigenvalue weighted by Gasteiger charge is 2.51. The highest BCUT2D eigenvalue weighted by molar-refractivity contribution is 5.91. The van der Waals surface area contributed by atoms with Crippen molar-refractivity contribution in [1.29, 1.82) is 0 Å². The van der Waals surface area contributed by atoms with Crippen LogP contribution in [-0.2, 0) is 4.74 Å². The first-order valence-electron chi connectivity index (χ1n) is 13.2. The molecule has 15 atom stereocenters. The van der Waals surface area contributed by atoms with Crippen LogP contribution in [0.1, 0.15) is 19.8 Å². The van der Waals surface area contributed by atoms with E-state index in [0.29, 0.717) is 5.84 Å². The van der Waals surface area contributed by atoms with E-state index in [2.05, 4.69) is 4.99 Å². The molecule has 2 aliphatic heterocycles. The van der Waals surface area contributed by atoms with Crippen molar-refractivity contribution in [2.24, 2.45) is 39.9 Å². The number of aliphatic hydroxyl groups is 9. The Morgan fingerprint density at radius 2 is 1.64 bits per heavy atom. The Morgan fingerprint density at radius 1 is 0.974 bits per heavy atom. The van der Waals surface area contributed by atoms with Crippen LogP contribution < -0.4 is 17.2 Å². The summed E-state index contributed by atoms with van der Waals surface area (Å²) in [6.07, 6.45) is -9.72. The molecule has 2 heterocycles. The highest BCUT2D eigenvalue weighted by atomic mass is 16.5. The fourth-order valence-corrected chi connectivity index (χ4v) is 6.01. The van der Waals surface area contributed by atoms with E-state index < -0.39 is 104 Å². The molecular formula is C24H45N5O10. The molecule has 3 aliphatic rings. The van der Waals surface area contributed by atoms with E-state index in [4.69, 9.17) is 21.9 Å². The standard InChI is InChI=1S/C24H45N5O10/c1-9-14(39-15(7-31)22(36)17(9)26)5-11(19(33)24(38)21(35)13(32)6-30)10-4-12(20(34)23(37)18(10)27)29-3-2-16(25)28-8-29/h2-3,9-15,17-24,30-38H,4-8,26-27H2,1H3,(H2,25,28)/t9-,10+,11-,12+,13+,14-,15+,17+,18+,19+,20-,21+,22+,23-,24+/m0/s1. The predicted molar refractivity (Wildman–Crippen MR) is 137 cm³/mol. The van der Waals surface area contributed by atoms with E-state index in [1.807, 2.05) is 0 Å². The molecule has 1 aliphatic carbocycles. The molecule has 2 fully saturated rings. The summed E-state index contributed by atoms with van der Waals surface area (Å²) in [5.41, 5.74) is 18.3. The molecule has 15 N–H and O–H groups in total. The smallest absolute Gasteiger partial charge is 0.121 e. The van der Waals surface area contributed by atoms with Gasteiger partial charge in [-0.25, -0.2) is 4.99 Å². The maximum atomic E-state index is 11.3. The van der Waals surface area contributed by atoms with Crippen LogP contribution in [0.3, 0.4) is 0 Å². The molecule has 39 heavy (non-hydrogen) atoms. The molecule has 1 saturated carbocycles. The average Bonchev–Trinajstić information content (AvgIpc) is 2.94. The van der Waals surface area contributed by atoms with Crippen LogP contribution >= 0.6 is 0 Å². The van der Waals surface area contributed by atoms with Crippen molar-refractivity contribution in [2.75, 3.05) is 19.9 Å². The van der Waals surface area contributed by atoms with Gasteiger partial charge in [0.25, 0.3) is 0 Å². The Balaban J connectivity index is 1.95. The molecule has 0 bridgehead atoms. The van der Waals surface area contributed by atoms with Crippen LogP contribution in [0.2, 0.25) is 0 Å². The van der Waals surface area contributed by atoms with Crippen molar-refractivity contribution in [3.8, 4) is 0 Å². The second-order valence-corrected chi connectivity index (χ2v) is 11.0. The highest BCUT2D eigenvalue weighted by Crippen LogP contribution is 2.40. The Morgan fingerprint density at radius 3 is 2.21 bits per heavy atom. The second-order valence-electron chi connectivity index (χ2n) is 11.0. The molecule has 1 saturated heterocycles. The van der Waals surface area contributed by atoms with E-state index in [9.17, 15) is 46.0 Å². The minimum atomic E-state index is -1.93. The number of ether oxygens (including phenoxy) is 1. The zero-order valence-electron chi connectivity index (χ0n) is 21.9. The van der Waals surface area contributed by atoms with Gasteiger partial charge in [-0.15, -0.1) is 0 Å². The number of amidine groups is 1. The van der Waals surface area contributed by atoms with Gasteiger partial charge >= 0.3 is 0 Å². The van der Waals surface area contributed by atoms with E-state index in [1.54, 1.807) is 18.0 Å². The van der Waals surface area contributed by atoms with Crippen molar-refractivity contribution < 1.29 is 50.7 Å². The summed E-state index contributed by atoms with van der Waals surface area (Å²) in [7, 11) is 0. The van der Waals surface area contributed by atoms with Crippen LogP contribution in [0.15, 0.2) is 17.3 Å². The molecular weight excluding hydrogens is 518 g/mol. The third kappa shape index (κ3) is 6.72. The monoisotopic (exact) mass is 563 g/mol. The van der Waals surface area contributed by atoms with Crippen molar-refractivity contribution in [1.82, 2.24) is 4.90 Å². The molecule has 0 aromatic heterocycles. The molecule has 3 rings (SSSR count). The number of aliphatic imine (C=N–C) groups is 1. The Kier molecular flexibility index (Phi) is 11.1. The van der Waals surface area contributed by atoms with Crippen molar-refractivity contribution in [3.05, 3.63) is 12.3 Å². The normalized spacial score (nSPS) is 41.4. The molecule has 0 aromatic rings. The molecule has 0 spiro atoms. The van der Waals surface area contributed by atoms with Gasteiger partial charge in [-0.05, 0) is 30.8 Å². The van der Waals surface area contributed by atoms with Gasteiger partial charge in [-0.2, -0.15) is 0 Å². The summed E-state index contributed by atoms with van der Waals surface area (Å²) in [6, 6.07) is -2.58. The molecule has 15 heteroatoms. The van der Waals surface area contributed by atoms with Gasteiger partial charge in [-0.1, -0.05) is 6.92 Å². The molecule has 0 amide bonds. The molecule has 0 aromatic carbocycles. The molecule has 15 nitrogen and oxygen atoms in total. The van der Waals surface area contributed by atoms with Gasteiger partial charge in [0.05, 0.1) is 43.7 Å². The zero-order valence-corrected chi connectivity index (χ0v) is 21.9. The van der Waals surface area contributed by atoms with Gasteiger partial charge in [-0.3, -0.25) is 0 Å². The largest absolute Gasteiger partial charge is 0.394 e. The van der Waals surface area contributed by atoms with Crippen LogP contribution in [0.4, 0.5) is 0 Å². The third-order valence-corrected chi connectivity index (χ3v) is 8.70. The Hall–Kier alpha value is -1.47. The van der Waals surface area contributed by atoms with Crippen molar-refractivity contribution >= 4 is 5.84 Å². The van der Waals surface area contributed by atoms with Crippen molar-refractivity contribution in [3.63, 3.8) is 0 Å². The third-order valence-electron chi connectivity index (χ3n) is 8.70. The molecule has 226 valence electrons. The summed E-state index contributed by atoms with van der Waals surface area (Å²) in [5.74, 6) is -1.97. The zero-order chi connectivity index (χ0) is 29.2. The first-order valence-corrected chi connectivity index (χ1v) is 13.2. The lowest BCUT2D eigenvalue weighted by molar-refractivity contribution is -0.187. The fraction of sp³-hybridized carbons (Fsp3) is 0.875. The van der Waals surface area contributed by atoms with Crippen LogP contribution in [0.25, 0.3) is 0 Å². The Labute approximate surface area is 226 Å². The summed E-state index contributed by atoms with van der Waals surface area (Å²) in [4.78, 5) is 5.81. The first-order chi connectivity index (χ1) is 18.3. The second kappa shape index (κ2) is 13.5. The summed E-state index contributed by atoms with van der Waals surface area (Å²) in [6.45, 7) is 0.434. The summed E-state index contributed by atoms with van der Waals surface area (Å²) < 4.78 is 5.92. The fourth-order valence-electron chi connectivity index (χ4n) is 6.01. The number of nitrogens with two attached hydrogens (primary N) is 3. The maximum Gasteiger partial charge on any atom is 0.121 e. The first kappa shape index (κ1) is 32.0. The van der Waals surface area contributed by atoms with Gasteiger partial charge < -0.3 is 72.8 Å². The lowest BCUT2D eigenvalue weighted by Gasteiger charge is -2.50. The van der Waals surface area contributed by atoms with E-state index >= 15 is 0 Å². The number of hydrogen-bond donors (Lipinski definition) is 12. The van der Waals surface area contributed by atoms with Crippen LogP contribution in [0.5, 0.6) is 0 Å². The quantitative estimate of drug-likeness (QED) is 0.118. The van der Waals surface area contributed by atoms with Gasteiger partial charge in [0.15, 0.2) is 0 Å². The average molecular weight is 564 g/mol. The van der Waals surface area contributed by atoms with E-state index in [1.165, 1.54) is 6.08 Å². The SMILES string of the molecule is C[C@@H]1[C@@H](N)[C@H](O)[C@@H](CO)O[C@H]1C[C@H]([C@@H](O)[C@@H](O)[C@H](O)[C@H](O)CO)[C@H]1C[C@@H](N2C=CC(N)=NC2)[C@H](O)[C@@H](O)[C@@H]1N. The minimum Gasteiger partial charge on any atom is -0.394 e. The number of rotatable bonds is 10. The number of aliphatic hydroxyl groups excluding tert-OH is 9. The van der Waals surface area contributed by atoms with Crippen LogP contribution in [-0.4, -0.2) is 150 Å². The summed E-state index contributed by atoms with van der Waals surface area (Å²) in [5, 5.41) is 93.5. The lowest BCUT2D eigenvalue weighted by Crippen LogP contribution is -2.65. The van der Waals surface area contributed by atoms with E-state index in [-0.39, 0.29) is 19.5 Å². The van der Waals surface area contributed by atoms with Gasteiger partial charge in [0.1, 0.15) is 43.0 Å². The summed E-state index contributed by atoms with van der Waals surface area (Å²) >= 11 is 0. The minimum absolute atomic E-state index is 0.0346. The predicted octanol–water partition coefficient (Wildman–Crippen LogP) is -5.91. The topological polar surface area (TPSA) is 285 Å². The number of nitrogens with zero attached hydrogens (tertiary/aromatic N) is 2. The maximum absolute atomic E-state index is 11.3. The molecule has 0 unspecified atom stereocenters. The Bertz CT molecular complexity index is 852. The van der Waals surface area contributed by atoms with Crippen molar-refractivity contribution in [2.45, 2.75) is 92.8 Å². The van der Waals surface area contributed by atoms with Gasteiger partial charge in [0.2, 0.25) is 0 Å². The number of hydrogen-bond acceptors (Lipinski definition) is 15. The van der Waals surface area contributed by atoms with Crippen LogP contribution in [0, 0.1) is 17.8 Å².